The minimum atomic E-state index is -0.994. The van der Waals surface area contributed by atoms with Crippen LogP contribution in [0.15, 0.2) is 24.3 Å². The molecule has 1 saturated carbocycles. The third-order valence-corrected chi connectivity index (χ3v) is 3.89. The molecule has 2 N–H and O–H groups in total. The summed E-state index contributed by atoms with van der Waals surface area (Å²) in [5.41, 5.74) is 2.28. The molecule has 21 heavy (non-hydrogen) atoms. The maximum Gasteiger partial charge on any atom is 0.328 e. The molecule has 1 aromatic carbocycles. The summed E-state index contributed by atoms with van der Waals surface area (Å²) in [5.74, 6) is -1.07. The first-order chi connectivity index (χ1) is 10.1. The molecular weight excluding hydrogens is 266 g/mol. The summed E-state index contributed by atoms with van der Waals surface area (Å²) in [6.45, 7) is 1.89. The number of hydrogen-bond acceptors (Lipinski definition) is 2. The van der Waals surface area contributed by atoms with E-state index in [0.29, 0.717) is 5.56 Å². The molecule has 2 rings (SSSR count). The highest BCUT2D eigenvalue weighted by Gasteiger charge is 2.16. The first-order valence-electron chi connectivity index (χ1n) is 7.39. The van der Waals surface area contributed by atoms with Gasteiger partial charge < -0.3 is 10.4 Å². The molecule has 1 fully saturated rings. The van der Waals surface area contributed by atoms with Gasteiger partial charge in [0.25, 0.3) is 5.91 Å². The highest BCUT2D eigenvalue weighted by atomic mass is 16.4. The summed E-state index contributed by atoms with van der Waals surface area (Å²) in [5, 5.41) is 11.8. The van der Waals surface area contributed by atoms with Crippen LogP contribution in [0.25, 0.3) is 6.08 Å². The Morgan fingerprint density at radius 2 is 1.95 bits per heavy atom. The second-order valence-electron chi connectivity index (χ2n) is 5.55. The van der Waals surface area contributed by atoms with Crippen molar-refractivity contribution in [3.8, 4) is 0 Å². The number of rotatable bonds is 4. The van der Waals surface area contributed by atoms with Crippen LogP contribution < -0.4 is 5.32 Å². The molecular formula is C17H21NO3. The first kappa shape index (κ1) is 15.3. The Balaban J connectivity index is 2.10. The van der Waals surface area contributed by atoms with Crippen molar-refractivity contribution in [2.24, 2.45) is 0 Å². The van der Waals surface area contributed by atoms with Gasteiger partial charge in [-0.3, -0.25) is 4.79 Å². The van der Waals surface area contributed by atoms with Crippen LogP contribution in [0, 0.1) is 6.92 Å². The fourth-order valence-electron chi connectivity index (χ4n) is 2.64. The van der Waals surface area contributed by atoms with Crippen LogP contribution in [-0.2, 0) is 4.79 Å². The summed E-state index contributed by atoms with van der Waals surface area (Å²) in [6.07, 6.45) is 8.30. The number of carbonyl (C=O) groups is 2. The molecule has 0 spiro atoms. The standard InChI is InChI=1S/C17H21NO3/c1-12-7-8-14(11-13(12)9-10-16(19)20)17(21)18-15-5-3-2-4-6-15/h7-11,15H,2-6H2,1H3,(H,18,21)(H,19,20)/b10-9+. The Kier molecular flexibility index (Phi) is 5.14. The minimum absolute atomic E-state index is 0.0770. The lowest BCUT2D eigenvalue weighted by molar-refractivity contribution is -0.131. The van der Waals surface area contributed by atoms with Crippen molar-refractivity contribution >= 4 is 18.0 Å². The molecule has 0 aliphatic heterocycles. The van der Waals surface area contributed by atoms with Gasteiger partial charge in [-0.1, -0.05) is 25.3 Å². The summed E-state index contributed by atoms with van der Waals surface area (Å²) in [6, 6.07) is 5.64. The van der Waals surface area contributed by atoms with E-state index in [1.54, 1.807) is 12.1 Å². The maximum absolute atomic E-state index is 12.3. The average Bonchev–Trinajstić information content (AvgIpc) is 2.47. The number of amides is 1. The van der Waals surface area contributed by atoms with Gasteiger partial charge in [0.2, 0.25) is 0 Å². The maximum atomic E-state index is 12.3. The fourth-order valence-corrected chi connectivity index (χ4v) is 2.64. The molecule has 4 nitrogen and oxygen atoms in total. The number of aliphatic carboxylic acids is 1. The molecule has 0 saturated heterocycles. The van der Waals surface area contributed by atoms with E-state index in [4.69, 9.17) is 5.11 Å². The van der Waals surface area contributed by atoms with Crippen molar-refractivity contribution < 1.29 is 14.7 Å². The molecule has 112 valence electrons. The largest absolute Gasteiger partial charge is 0.478 e. The van der Waals surface area contributed by atoms with Crippen LogP contribution in [0.5, 0.6) is 0 Å². The summed E-state index contributed by atoms with van der Waals surface area (Å²) >= 11 is 0. The monoisotopic (exact) mass is 287 g/mol. The quantitative estimate of drug-likeness (QED) is 0.836. The smallest absolute Gasteiger partial charge is 0.328 e. The van der Waals surface area contributed by atoms with Gasteiger partial charge in [-0.15, -0.1) is 0 Å². The summed E-state index contributed by atoms with van der Waals surface area (Å²) < 4.78 is 0. The average molecular weight is 287 g/mol. The Bertz CT molecular complexity index is 557. The van der Waals surface area contributed by atoms with E-state index in [-0.39, 0.29) is 11.9 Å². The number of carboxylic acids is 1. The van der Waals surface area contributed by atoms with Crippen molar-refractivity contribution in [3.63, 3.8) is 0 Å². The van der Waals surface area contributed by atoms with Gasteiger partial charge in [-0.25, -0.2) is 4.79 Å². The highest BCUT2D eigenvalue weighted by Crippen LogP contribution is 2.18. The molecule has 0 aromatic heterocycles. The third-order valence-electron chi connectivity index (χ3n) is 3.89. The van der Waals surface area contributed by atoms with Gasteiger partial charge in [0.15, 0.2) is 0 Å². The molecule has 1 aliphatic rings. The van der Waals surface area contributed by atoms with Gasteiger partial charge in [0.1, 0.15) is 0 Å². The lowest BCUT2D eigenvalue weighted by Crippen LogP contribution is -2.36. The molecule has 0 bridgehead atoms. The minimum Gasteiger partial charge on any atom is -0.478 e. The second-order valence-corrected chi connectivity index (χ2v) is 5.55. The summed E-state index contributed by atoms with van der Waals surface area (Å²) in [7, 11) is 0. The molecule has 1 amide bonds. The highest BCUT2D eigenvalue weighted by molar-refractivity contribution is 5.95. The molecule has 1 aromatic rings. The molecule has 4 heteroatoms. The zero-order chi connectivity index (χ0) is 15.2. The number of carbonyl (C=O) groups excluding carboxylic acids is 1. The zero-order valence-corrected chi connectivity index (χ0v) is 12.3. The molecule has 0 atom stereocenters. The molecule has 0 heterocycles. The molecule has 0 unspecified atom stereocenters. The number of benzene rings is 1. The van der Waals surface area contributed by atoms with Crippen molar-refractivity contribution in [3.05, 3.63) is 41.0 Å². The van der Waals surface area contributed by atoms with E-state index < -0.39 is 5.97 Å². The topological polar surface area (TPSA) is 66.4 Å². The van der Waals surface area contributed by atoms with E-state index >= 15 is 0 Å². The van der Waals surface area contributed by atoms with Crippen LogP contribution in [0.1, 0.15) is 53.6 Å². The van der Waals surface area contributed by atoms with Gasteiger partial charge in [-0.05, 0) is 49.1 Å². The van der Waals surface area contributed by atoms with Crippen LogP contribution >= 0.6 is 0 Å². The predicted octanol–water partition coefficient (Wildman–Crippen LogP) is 3.16. The van der Waals surface area contributed by atoms with E-state index in [2.05, 4.69) is 5.32 Å². The molecule has 1 aliphatic carbocycles. The number of nitrogens with one attached hydrogen (secondary N) is 1. The normalized spacial score (nSPS) is 16.0. The van der Waals surface area contributed by atoms with Crippen LogP contribution in [0.2, 0.25) is 0 Å². The predicted molar refractivity (Wildman–Crippen MR) is 82.2 cm³/mol. The second kappa shape index (κ2) is 7.07. The zero-order valence-electron chi connectivity index (χ0n) is 12.3. The van der Waals surface area contributed by atoms with Crippen molar-refractivity contribution in [2.45, 2.75) is 45.1 Å². The Labute approximate surface area is 124 Å². The Hall–Kier alpha value is -2.10. The summed E-state index contributed by atoms with van der Waals surface area (Å²) in [4.78, 5) is 22.9. The lowest BCUT2D eigenvalue weighted by atomic mass is 9.95. The number of carboxylic acid groups (broad SMARTS) is 1. The van der Waals surface area contributed by atoms with Gasteiger partial charge in [-0.2, -0.15) is 0 Å². The van der Waals surface area contributed by atoms with Crippen molar-refractivity contribution in [1.29, 1.82) is 0 Å². The van der Waals surface area contributed by atoms with Gasteiger partial charge in [0, 0.05) is 17.7 Å². The van der Waals surface area contributed by atoms with Crippen LogP contribution in [-0.4, -0.2) is 23.0 Å². The number of hydrogen-bond donors (Lipinski definition) is 2. The molecule has 0 radical (unpaired) electrons. The number of aryl methyl sites for hydroxylation is 1. The third kappa shape index (κ3) is 4.45. The van der Waals surface area contributed by atoms with E-state index in [9.17, 15) is 9.59 Å². The van der Waals surface area contributed by atoms with E-state index in [1.165, 1.54) is 25.3 Å². The van der Waals surface area contributed by atoms with Crippen LogP contribution in [0.3, 0.4) is 0 Å². The lowest BCUT2D eigenvalue weighted by Gasteiger charge is -2.22. The Morgan fingerprint density at radius 3 is 2.62 bits per heavy atom. The van der Waals surface area contributed by atoms with Crippen molar-refractivity contribution in [2.75, 3.05) is 0 Å². The van der Waals surface area contributed by atoms with E-state index in [1.807, 2.05) is 13.0 Å². The Morgan fingerprint density at radius 1 is 1.24 bits per heavy atom. The van der Waals surface area contributed by atoms with E-state index in [0.717, 1.165) is 30.0 Å². The van der Waals surface area contributed by atoms with Crippen LogP contribution in [0.4, 0.5) is 0 Å². The van der Waals surface area contributed by atoms with Crippen molar-refractivity contribution in [1.82, 2.24) is 5.32 Å². The fraction of sp³-hybridized carbons (Fsp3) is 0.412. The van der Waals surface area contributed by atoms with Gasteiger partial charge >= 0.3 is 5.97 Å². The van der Waals surface area contributed by atoms with Gasteiger partial charge in [0.05, 0.1) is 0 Å². The first-order valence-corrected chi connectivity index (χ1v) is 7.39. The SMILES string of the molecule is Cc1ccc(C(=O)NC2CCCCC2)cc1/C=C/C(=O)O.